The molecule has 7 nitrogen and oxygen atoms in total. The molecule has 0 fully saturated rings. The van der Waals surface area contributed by atoms with Crippen LogP contribution in [0.25, 0.3) is 0 Å². The Morgan fingerprint density at radius 1 is 1.42 bits per heavy atom. The summed E-state index contributed by atoms with van der Waals surface area (Å²) in [5.74, 6) is 0. The minimum absolute atomic E-state index is 0.493. The Labute approximate surface area is 110 Å². The van der Waals surface area contributed by atoms with E-state index in [9.17, 15) is 4.79 Å². The van der Waals surface area contributed by atoms with Gasteiger partial charge in [-0.05, 0) is 18.2 Å². The smallest absolute Gasteiger partial charge is 0.411 e. The lowest BCUT2D eigenvalue weighted by Gasteiger charge is -2.08. The van der Waals surface area contributed by atoms with Crippen LogP contribution in [0.15, 0.2) is 30.5 Å². The van der Waals surface area contributed by atoms with Crippen LogP contribution in [0.5, 0.6) is 0 Å². The number of ether oxygens (including phenoxy) is 1. The van der Waals surface area contributed by atoms with E-state index in [2.05, 4.69) is 25.7 Å². The van der Waals surface area contributed by atoms with Crippen LogP contribution in [0.1, 0.15) is 5.69 Å². The summed E-state index contributed by atoms with van der Waals surface area (Å²) in [6.45, 7) is 0.602. The molecule has 100 valence electrons. The van der Waals surface area contributed by atoms with Crippen LogP contribution in [-0.4, -0.2) is 28.2 Å². The quantitative estimate of drug-likeness (QED) is 0.873. The minimum atomic E-state index is -0.493. The van der Waals surface area contributed by atoms with E-state index in [1.807, 2.05) is 25.2 Å². The fourth-order valence-electron chi connectivity index (χ4n) is 1.54. The molecule has 1 amide bonds. The Morgan fingerprint density at radius 3 is 2.89 bits per heavy atom. The molecule has 19 heavy (non-hydrogen) atoms. The highest BCUT2D eigenvalue weighted by molar-refractivity contribution is 5.85. The van der Waals surface area contributed by atoms with Crippen LogP contribution in [-0.2, 0) is 18.3 Å². The Hall–Kier alpha value is -2.57. The predicted octanol–water partition coefficient (Wildman–Crippen LogP) is 1.61. The largest absolute Gasteiger partial charge is 0.453 e. The zero-order valence-electron chi connectivity index (χ0n) is 10.8. The number of nitrogens with zero attached hydrogens (tertiary/aromatic N) is 3. The highest BCUT2D eigenvalue weighted by Crippen LogP contribution is 2.15. The van der Waals surface area contributed by atoms with Crippen molar-refractivity contribution in [2.75, 3.05) is 17.7 Å². The Balaban J connectivity index is 1.99. The second-order valence-electron chi connectivity index (χ2n) is 3.90. The van der Waals surface area contributed by atoms with Gasteiger partial charge in [-0.2, -0.15) is 0 Å². The molecule has 1 heterocycles. The van der Waals surface area contributed by atoms with Gasteiger partial charge >= 0.3 is 6.09 Å². The van der Waals surface area contributed by atoms with Crippen molar-refractivity contribution in [1.29, 1.82) is 0 Å². The summed E-state index contributed by atoms with van der Waals surface area (Å²) >= 11 is 0. The third-order valence-corrected chi connectivity index (χ3v) is 2.58. The molecule has 2 aromatic rings. The van der Waals surface area contributed by atoms with Crippen LogP contribution in [0.4, 0.5) is 16.2 Å². The topological polar surface area (TPSA) is 81.1 Å². The fraction of sp³-hybridized carbons (Fsp3) is 0.250. The van der Waals surface area contributed by atoms with E-state index in [0.717, 1.165) is 11.4 Å². The molecule has 0 aliphatic rings. The van der Waals surface area contributed by atoms with Crippen molar-refractivity contribution >= 4 is 17.5 Å². The van der Waals surface area contributed by atoms with Gasteiger partial charge in [0.1, 0.15) is 0 Å². The number of aromatic nitrogens is 3. The summed E-state index contributed by atoms with van der Waals surface area (Å²) < 4.78 is 6.24. The first-order valence-electron chi connectivity index (χ1n) is 5.71. The normalized spacial score (nSPS) is 10.0. The van der Waals surface area contributed by atoms with Gasteiger partial charge in [-0.1, -0.05) is 11.3 Å². The average molecular weight is 261 g/mol. The number of rotatable bonds is 4. The summed E-state index contributed by atoms with van der Waals surface area (Å²) in [6.07, 6.45) is 1.21. The first-order chi connectivity index (χ1) is 9.19. The highest BCUT2D eigenvalue weighted by Gasteiger charge is 2.02. The molecule has 0 spiro atoms. The van der Waals surface area contributed by atoms with Gasteiger partial charge in [0.2, 0.25) is 0 Å². The molecule has 0 aliphatic heterocycles. The van der Waals surface area contributed by atoms with E-state index in [-0.39, 0.29) is 0 Å². The molecule has 2 rings (SSSR count). The maximum absolute atomic E-state index is 11.1. The van der Waals surface area contributed by atoms with E-state index < -0.39 is 6.09 Å². The first-order valence-corrected chi connectivity index (χ1v) is 5.71. The third kappa shape index (κ3) is 3.44. The summed E-state index contributed by atoms with van der Waals surface area (Å²) in [5.41, 5.74) is 2.52. The van der Waals surface area contributed by atoms with Crippen molar-refractivity contribution in [3.8, 4) is 0 Å². The van der Waals surface area contributed by atoms with Gasteiger partial charge in [-0.25, -0.2) is 4.79 Å². The zero-order valence-corrected chi connectivity index (χ0v) is 10.8. The molecule has 0 saturated heterocycles. The van der Waals surface area contributed by atoms with Gasteiger partial charge < -0.3 is 10.1 Å². The van der Waals surface area contributed by atoms with Crippen LogP contribution in [0.2, 0.25) is 0 Å². The molecule has 0 atom stereocenters. The molecule has 0 unspecified atom stereocenters. The molecule has 2 N–H and O–H groups in total. The Morgan fingerprint density at radius 2 is 2.21 bits per heavy atom. The van der Waals surface area contributed by atoms with Crippen molar-refractivity contribution in [3.63, 3.8) is 0 Å². The number of hydrogen-bond donors (Lipinski definition) is 2. The minimum Gasteiger partial charge on any atom is -0.453 e. The lowest BCUT2D eigenvalue weighted by atomic mass is 10.2. The molecule has 1 aromatic carbocycles. The molecule has 1 aromatic heterocycles. The van der Waals surface area contributed by atoms with Crippen molar-refractivity contribution in [2.24, 2.45) is 7.05 Å². The van der Waals surface area contributed by atoms with Gasteiger partial charge in [-0.15, -0.1) is 5.10 Å². The lowest BCUT2D eigenvalue weighted by Crippen LogP contribution is -2.11. The van der Waals surface area contributed by atoms with Crippen LogP contribution in [0, 0.1) is 0 Å². The van der Waals surface area contributed by atoms with Crippen LogP contribution < -0.4 is 10.6 Å². The van der Waals surface area contributed by atoms with E-state index in [4.69, 9.17) is 0 Å². The average Bonchev–Trinajstić information content (AvgIpc) is 2.82. The first kappa shape index (κ1) is 12.9. The summed E-state index contributed by atoms with van der Waals surface area (Å²) in [4.78, 5) is 11.1. The van der Waals surface area contributed by atoms with E-state index in [0.29, 0.717) is 12.2 Å². The van der Waals surface area contributed by atoms with Gasteiger partial charge in [0.05, 0.1) is 25.5 Å². The third-order valence-electron chi connectivity index (χ3n) is 2.58. The van der Waals surface area contributed by atoms with Gasteiger partial charge in [-0.3, -0.25) is 10.00 Å². The number of amides is 1. The van der Waals surface area contributed by atoms with Crippen LogP contribution in [0.3, 0.4) is 0 Å². The Kier molecular flexibility index (Phi) is 3.97. The van der Waals surface area contributed by atoms with E-state index in [1.54, 1.807) is 16.9 Å². The number of aryl methyl sites for hydroxylation is 1. The Bertz CT molecular complexity index is 567. The number of carbonyl (C=O) groups excluding carboxylic acids is 1. The summed E-state index contributed by atoms with van der Waals surface area (Å²) in [5, 5.41) is 13.5. The second kappa shape index (κ2) is 5.85. The van der Waals surface area contributed by atoms with Gasteiger partial charge in [0.15, 0.2) is 0 Å². The fourth-order valence-corrected chi connectivity index (χ4v) is 1.54. The molecular formula is C12H15N5O2. The summed E-state index contributed by atoms with van der Waals surface area (Å²) in [7, 11) is 3.16. The highest BCUT2D eigenvalue weighted by atomic mass is 16.5. The number of carbonyl (C=O) groups is 1. The van der Waals surface area contributed by atoms with E-state index in [1.165, 1.54) is 7.11 Å². The molecule has 0 saturated carbocycles. The van der Waals surface area contributed by atoms with Crippen LogP contribution >= 0.6 is 0 Å². The number of methoxy groups -OCH3 is 1. The van der Waals surface area contributed by atoms with Gasteiger partial charge in [0, 0.05) is 18.4 Å². The monoisotopic (exact) mass is 261 g/mol. The second-order valence-corrected chi connectivity index (χ2v) is 3.90. The van der Waals surface area contributed by atoms with Crippen molar-refractivity contribution < 1.29 is 9.53 Å². The molecular weight excluding hydrogens is 246 g/mol. The number of hydrogen-bond acceptors (Lipinski definition) is 5. The molecule has 0 radical (unpaired) electrons. The zero-order chi connectivity index (χ0) is 13.7. The predicted molar refractivity (Wildman–Crippen MR) is 70.8 cm³/mol. The number of anilines is 2. The number of nitrogens with one attached hydrogen (secondary N) is 2. The molecule has 0 bridgehead atoms. The van der Waals surface area contributed by atoms with Crippen molar-refractivity contribution in [3.05, 3.63) is 36.2 Å². The SMILES string of the molecule is COC(=O)Nc1cccc(NCc2cnnn2C)c1. The summed E-state index contributed by atoms with van der Waals surface area (Å²) in [6, 6.07) is 7.36. The lowest BCUT2D eigenvalue weighted by molar-refractivity contribution is 0.187. The molecule has 0 aliphatic carbocycles. The van der Waals surface area contributed by atoms with Crippen molar-refractivity contribution in [1.82, 2.24) is 15.0 Å². The molecule has 7 heteroatoms. The maximum Gasteiger partial charge on any atom is 0.411 e. The maximum atomic E-state index is 11.1. The van der Waals surface area contributed by atoms with Gasteiger partial charge in [0.25, 0.3) is 0 Å². The number of benzene rings is 1. The van der Waals surface area contributed by atoms with E-state index >= 15 is 0 Å². The standard InChI is InChI=1S/C12H15N5O2/c1-17-11(8-14-16-17)7-13-9-4-3-5-10(6-9)15-12(18)19-2/h3-6,8,13H,7H2,1-2H3,(H,15,18). The van der Waals surface area contributed by atoms with Crippen molar-refractivity contribution in [2.45, 2.75) is 6.54 Å².